The van der Waals surface area contributed by atoms with Crippen LogP contribution in [0.25, 0.3) is 0 Å². The Morgan fingerprint density at radius 3 is 2.34 bits per heavy atom. The zero-order valence-corrected chi connectivity index (χ0v) is 15.3. The van der Waals surface area contributed by atoms with Crippen LogP contribution in [0.2, 0.25) is 0 Å². The number of nitrogens with one attached hydrogen (secondary N) is 1. The number of carbonyl (C=O) groups is 1. The lowest BCUT2D eigenvalue weighted by atomic mass is 10.1. The van der Waals surface area contributed by atoms with Crippen molar-refractivity contribution in [3.63, 3.8) is 0 Å². The standard InChI is InChI=1S/C17H16N4O8/c1-28-14-6-11(13(21(26)27)8-15(14)29-2)7-16(22)19-18-9-10-4-3-5-12(17(10)23)20(24)25/h3-6,8-9,23H,7H2,1-2H3,(H,19,22)/b18-9+. The summed E-state index contributed by atoms with van der Waals surface area (Å²) in [4.78, 5) is 32.7. The van der Waals surface area contributed by atoms with Gasteiger partial charge in [0.15, 0.2) is 11.5 Å². The zero-order chi connectivity index (χ0) is 21.6. The zero-order valence-electron chi connectivity index (χ0n) is 15.3. The van der Waals surface area contributed by atoms with E-state index in [4.69, 9.17) is 9.47 Å². The molecule has 29 heavy (non-hydrogen) atoms. The summed E-state index contributed by atoms with van der Waals surface area (Å²) < 4.78 is 10.1. The summed E-state index contributed by atoms with van der Waals surface area (Å²) in [6.45, 7) is 0. The number of nitro benzene ring substituents is 2. The number of nitro groups is 2. The van der Waals surface area contributed by atoms with E-state index in [9.17, 15) is 30.1 Å². The quantitative estimate of drug-likeness (QED) is 0.382. The van der Waals surface area contributed by atoms with Gasteiger partial charge in [0, 0.05) is 17.2 Å². The fourth-order valence-electron chi connectivity index (χ4n) is 2.41. The molecule has 0 aromatic heterocycles. The summed E-state index contributed by atoms with van der Waals surface area (Å²) in [5.41, 5.74) is 1.37. The number of ether oxygens (including phenoxy) is 2. The fourth-order valence-corrected chi connectivity index (χ4v) is 2.41. The number of hydrogen-bond acceptors (Lipinski definition) is 9. The van der Waals surface area contributed by atoms with Crippen LogP contribution in [0.4, 0.5) is 11.4 Å². The lowest BCUT2D eigenvalue weighted by Gasteiger charge is -2.10. The molecule has 0 saturated carbocycles. The van der Waals surface area contributed by atoms with Gasteiger partial charge in [-0.15, -0.1) is 0 Å². The van der Waals surface area contributed by atoms with Crippen LogP contribution >= 0.6 is 0 Å². The van der Waals surface area contributed by atoms with Crippen molar-refractivity contribution >= 4 is 23.5 Å². The highest BCUT2D eigenvalue weighted by molar-refractivity contribution is 5.87. The molecule has 152 valence electrons. The first-order valence-electron chi connectivity index (χ1n) is 7.96. The molecule has 12 nitrogen and oxygen atoms in total. The van der Waals surface area contributed by atoms with E-state index < -0.39 is 33.6 Å². The maximum absolute atomic E-state index is 12.1. The van der Waals surface area contributed by atoms with Gasteiger partial charge in [-0.3, -0.25) is 25.0 Å². The molecule has 2 rings (SSSR count). The number of nitrogens with zero attached hydrogens (tertiary/aromatic N) is 3. The maximum atomic E-state index is 12.1. The molecule has 1 amide bonds. The molecule has 0 aliphatic carbocycles. The molecule has 0 spiro atoms. The molecule has 0 radical (unpaired) electrons. The van der Waals surface area contributed by atoms with Gasteiger partial charge >= 0.3 is 5.69 Å². The first-order valence-corrected chi connectivity index (χ1v) is 7.96. The van der Waals surface area contributed by atoms with Gasteiger partial charge in [0.25, 0.3) is 5.69 Å². The average molecular weight is 404 g/mol. The number of phenolic OH excluding ortho intramolecular Hbond substituents is 1. The fraction of sp³-hybridized carbons (Fsp3) is 0.176. The van der Waals surface area contributed by atoms with Gasteiger partial charge in [0.2, 0.25) is 11.7 Å². The Bertz CT molecular complexity index is 990. The second kappa shape index (κ2) is 9.12. The highest BCUT2D eigenvalue weighted by Crippen LogP contribution is 2.34. The normalized spacial score (nSPS) is 10.6. The highest BCUT2D eigenvalue weighted by Gasteiger charge is 2.21. The van der Waals surface area contributed by atoms with Crippen molar-refractivity contribution in [3.05, 3.63) is 61.7 Å². The van der Waals surface area contributed by atoms with Crippen molar-refractivity contribution in [1.82, 2.24) is 5.43 Å². The smallest absolute Gasteiger partial charge is 0.311 e. The van der Waals surface area contributed by atoms with Crippen LogP contribution in [-0.2, 0) is 11.2 Å². The maximum Gasteiger partial charge on any atom is 0.311 e. The molecule has 12 heteroatoms. The van der Waals surface area contributed by atoms with Crippen molar-refractivity contribution in [2.75, 3.05) is 14.2 Å². The molecule has 0 aliphatic rings. The molecule has 0 bridgehead atoms. The lowest BCUT2D eigenvalue weighted by Crippen LogP contribution is -2.20. The molecule has 0 aliphatic heterocycles. The van der Waals surface area contributed by atoms with Crippen molar-refractivity contribution in [1.29, 1.82) is 0 Å². The molecule has 0 heterocycles. The topological polar surface area (TPSA) is 166 Å². The third-order valence-electron chi connectivity index (χ3n) is 3.77. The number of benzene rings is 2. The van der Waals surface area contributed by atoms with E-state index >= 15 is 0 Å². The Morgan fingerprint density at radius 2 is 1.76 bits per heavy atom. The Balaban J connectivity index is 2.18. The van der Waals surface area contributed by atoms with Crippen molar-refractivity contribution in [2.24, 2.45) is 5.10 Å². The highest BCUT2D eigenvalue weighted by atomic mass is 16.6. The number of amides is 1. The van der Waals surface area contributed by atoms with Gasteiger partial charge in [0.05, 0.1) is 42.8 Å². The number of methoxy groups -OCH3 is 2. The molecule has 0 fully saturated rings. The Labute approximate surface area is 163 Å². The molecule has 0 unspecified atom stereocenters. The largest absolute Gasteiger partial charge is 0.502 e. The summed E-state index contributed by atoms with van der Waals surface area (Å²) in [6, 6.07) is 6.27. The number of rotatable bonds is 8. The SMILES string of the molecule is COc1cc(CC(=O)N/N=C/c2cccc([N+](=O)[O-])c2O)c([N+](=O)[O-])cc1OC. The molecular formula is C17H16N4O8. The second-order valence-corrected chi connectivity index (χ2v) is 5.54. The second-order valence-electron chi connectivity index (χ2n) is 5.54. The number of para-hydroxylation sites is 1. The molecule has 2 aromatic rings. The molecule has 2 aromatic carbocycles. The molecule has 0 atom stereocenters. The van der Waals surface area contributed by atoms with Gasteiger partial charge in [-0.1, -0.05) is 6.07 Å². The van der Waals surface area contributed by atoms with Crippen LogP contribution in [0.1, 0.15) is 11.1 Å². The van der Waals surface area contributed by atoms with Gasteiger partial charge in [-0.2, -0.15) is 5.10 Å². The third-order valence-corrected chi connectivity index (χ3v) is 3.77. The number of hydrazone groups is 1. The van der Waals surface area contributed by atoms with Gasteiger partial charge < -0.3 is 14.6 Å². The summed E-state index contributed by atoms with van der Waals surface area (Å²) in [5.74, 6) is -0.944. The van der Waals surface area contributed by atoms with Crippen molar-refractivity contribution in [2.45, 2.75) is 6.42 Å². The summed E-state index contributed by atoms with van der Waals surface area (Å²) in [7, 11) is 2.68. The minimum Gasteiger partial charge on any atom is -0.502 e. The number of phenols is 1. The predicted molar refractivity (Wildman–Crippen MR) is 100 cm³/mol. The van der Waals surface area contributed by atoms with Crippen LogP contribution in [0, 0.1) is 20.2 Å². The van der Waals surface area contributed by atoms with E-state index in [1.807, 2.05) is 0 Å². The van der Waals surface area contributed by atoms with E-state index in [1.165, 1.54) is 32.4 Å². The van der Waals surface area contributed by atoms with Crippen LogP contribution in [0.5, 0.6) is 17.2 Å². The number of hydrogen-bond donors (Lipinski definition) is 2. The van der Waals surface area contributed by atoms with Crippen LogP contribution in [0.15, 0.2) is 35.4 Å². The third kappa shape index (κ3) is 4.94. The van der Waals surface area contributed by atoms with Gasteiger partial charge in [-0.25, -0.2) is 5.43 Å². The lowest BCUT2D eigenvalue weighted by molar-refractivity contribution is -0.385. The van der Waals surface area contributed by atoms with Gasteiger partial charge in [-0.05, 0) is 12.1 Å². The van der Waals surface area contributed by atoms with E-state index in [0.29, 0.717) is 0 Å². The summed E-state index contributed by atoms with van der Waals surface area (Å²) in [5, 5.41) is 35.5. The Kier molecular flexibility index (Phi) is 6.63. The summed E-state index contributed by atoms with van der Waals surface area (Å²) >= 11 is 0. The van der Waals surface area contributed by atoms with Crippen molar-refractivity contribution < 1.29 is 29.2 Å². The minimum atomic E-state index is -0.762. The van der Waals surface area contributed by atoms with Crippen LogP contribution in [0.3, 0.4) is 0 Å². The first-order chi connectivity index (χ1) is 13.8. The van der Waals surface area contributed by atoms with Crippen LogP contribution in [-0.4, -0.2) is 41.3 Å². The van der Waals surface area contributed by atoms with Gasteiger partial charge in [0.1, 0.15) is 0 Å². The monoisotopic (exact) mass is 404 g/mol. The number of aromatic hydroxyl groups is 1. The van der Waals surface area contributed by atoms with E-state index in [-0.39, 0.29) is 28.3 Å². The Morgan fingerprint density at radius 1 is 1.14 bits per heavy atom. The van der Waals surface area contributed by atoms with Crippen molar-refractivity contribution in [3.8, 4) is 17.2 Å². The molecule has 0 saturated heterocycles. The van der Waals surface area contributed by atoms with E-state index in [2.05, 4.69) is 10.5 Å². The molecule has 2 N–H and O–H groups in total. The predicted octanol–water partition coefficient (Wildman–Crippen LogP) is 1.92. The first kappa shape index (κ1) is 21.1. The minimum absolute atomic E-state index is 0.0107. The molecular weight excluding hydrogens is 388 g/mol. The van der Waals surface area contributed by atoms with E-state index in [0.717, 1.165) is 18.3 Å². The van der Waals surface area contributed by atoms with E-state index in [1.54, 1.807) is 0 Å². The Hall–Kier alpha value is -4.22. The summed E-state index contributed by atoms with van der Waals surface area (Å²) in [6.07, 6.45) is 0.623. The number of carbonyl (C=O) groups excluding carboxylic acids is 1. The average Bonchev–Trinajstić information content (AvgIpc) is 2.68. The van der Waals surface area contributed by atoms with Crippen LogP contribution < -0.4 is 14.9 Å².